The van der Waals surface area contributed by atoms with E-state index in [-0.39, 0.29) is 11.7 Å². The molecule has 166 valence electrons. The predicted molar refractivity (Wildman–Crippen MR) is 133 cm³/mol. The van der Waals surface area contributed by atoms with Crippen LogP contribution in [-0.4, -0.2) is 20.4 Å². The Bertz CT molecular complexity index is 1470. The molecule has 1 amide bonds. The van der Waals surface area contributed by atoms with E-state index in [2.05, 4.69) is 19.9 Å². The van der Waals surface area contributed by atoms with Crippen LogP contribution in [0.3, 0.4) is 0 Å². The van der Waals surface area contributed by atoms with Gasteiger partial charge in [-0.3, -0.25) is 9.78 Å². The number of amides is 1. The van der Waals surface area contributed by atoms with Gasteiger partial charge in [0.2, 0.25) is 5.91 Å². The second-order valence-electron chi connectivity index (χ2n) is 7.85. The first-order valence-electron chi connectivity index (χ1n) is 10.8. The number of para-hydroxylation sites is 2. The highest BCUT2D eigenvalue weighted by atomic mass is 19.1. The Morgan fingerprint density at radius 3 is 2.59 bits per heavy atom. The molecule has 0 aliphatic carbocycles. The maximum absolute atomic E-state index is 13.3. The smallest absolute Gasteiger partial charge is 0.248 e. The van der Waals surface area contributed by atoms with Crippen molar-refractivity contribution in [3.8, 4) is 11.1 Å². The summed E-state index contributed by atoms with van der Waals surface area (Å²) in [4.78, 5) is 21.1. The molecule has 0 bridgehead atoms. The summed E-state index contributed by atoms with van der Waals surface area (Å²) in [6.07, 6.45) is 8.36. The Labute approximate surface area is 196 Å². The minimum Gasteiger partial charge on any atom is -0.326 e. The molecular formula is C28H21FN4O. The number of nitrogens with one attached hydrogen (secondary N) is 1. The third-order valence-corrected chi connectivity index (χ3v) is 5.52. The van der Waals surface area contributed by atoms with Crippen molar-refractivity contribution in [2.45, 2.75) is 6.54 Å². The van der Waals surface area contributed by atoms with Gasteiger partial charge in [-0.1, -0.05) is 36.4 Å². The van der Waals surface area contributed by atoms with E-state index in [1.54, 1.807) is 30.6 Å². The molecule has 0 unspecified atom stereocenters. The van der Waals surface area contributed by atoms with Crippen LogP contribution in [0, 0.1) is 5.82 Å². The zero-order valence-corrected chi connectivity index (χ0v) is 18.2. The van der Waals surface area contributed by atoms with Crippen LogP contribution >= 0.6 is 0 Å². The average Bonchev–Trinajstić information content (AvgIpc) is 3.27. The number of pyridine rings is 1. The van der Waals surface area contributed by atoms with Gasteiger partial charge < -0.3 is 9.88 Å². The highest BCUT2D eigenvalue weighted by Crippen LogP contribution is 2.24. The quantitative estimate of drug-likeness (QED) is 0.327. The molecule has 34 heavy (non-hydrogen) atoms. The fraction of sp³-hybridized carbons (Fsp3) is 0.0357. The van der Waals surface area contributed by atoms with Crippen molar-refractivity contribution in [3.05, 3.63) is 121 Å². The van der Waals surface area contributed by atoms with Gasteiger partial charge in [0.1, 0.15) is 5.82 Å². The Kier molecular flexibility index (Phi) is 5.95. The molecule has 3 aromatic carbocycles. The van der Waals surface area contributed by atoms with Crippen LogP contribution in [-0.2, 0) is 11.3 Å². The standard InChI is InChI=1S/C28H21FN4O/c29-23-10-7-21(8-11-23)25-15-16-30-17-22(25)9-14-28(34)32-24-12-5-20(6-13-24)18-33-19-31-26-3-1-2-4-27(26)33/h1-17,19H,18H2,(H,32,34)/b14-9+. The molecule has 2 aromatic heterocycles. The van der Waals surface area contributed by atoms with Gasteiger partial charge in [-0.05, 0) is 65.2 Å². The summed E-state index contributed by atoms with van der Waals surface area (Å²) in [6, 6.07) is 23.8. The topological polar surface area (TPSA) is 59.8 Å². The second kappa shape index (κ2) is 9.50. The molecule has 0 fully saturated rings. The van der Waals surface area contributed by atoms with Crippen molar-refractivity contribution in [2.75, 3.05) is 5.32 Å². The minimum atomic E-state index is -0.293. The van der Waals surface area contributed by atoms with Crippen LogP contribution in [0.15, 0.2) is 104 Å². The lowest BCUT2D eigenvalue weighted by atomic mass is 10.0. The number of hydrogen-bond donors (Lipinski definition) is 1. The summed E-state index contributed by atoms with van der Waals surface area (Å²) >= 11 is 0. The van der Waals surface area contributed by atoms with Gasteiger partial charge in [-0.15, -0.1) is 0 Å². The molecule has 0 radical (unpaired) electrons. The van der Waals surface area contributed by atoms with Crippen molar-refractivity contribution in [2.24, 2.45) is 0 Å². The molecule has 6 heteroatoms. The molecule has 0 spiro atoms. The van der Waals surface area contributed by atoms with Crippen LogP contribution in [0.25, 0.3) is 28.2 Å². The first kappa shape index (κ1) is 21.3. The molecule has 5 rings (SSSR count). The van der Waals surface area contributed by atoms with Crippen molar-refractivity contribution >= 4 is 28.7 Å². The second-order valence-corrected chi connectivity index (χ2v) is 7.85. The molecule has 0 aliphatic rings. The molecule has 0 aliphatic heterocycles. The number of halogens is 1. The van der Waals surface area contributed by atoms with E-state index in [9.17, 15) is 9.18 Å². The van der Waals surface area contributed by atoms with Crippen LogP contribution in [0.2, 0.25) is 0 Å². The number of anilines is 1. The van der Waals surface area contributed by atoms with E-state index in [1.807, 2.05) is 60.9 Å². The molecular weight excluding hydrogens is 427 g/mol. The Morgan fingerprint density at radius 1 is 0.971 bits per heavy atom. The normalized spacial score (nSPS) is 11.2. The number of hydrogen-bond acceptors (Lipinski definition) is 3. The average molecular weight is 449 g/mol. The maximum Gasteiger partial charge on any atom is 0.248 e. The third kappa shape index (κ3) is 4.76. The van der Waals surface area contributed by atoms with E-state index in [4.69, 9.17) is 0 Å². The third-order valence-electron chi connectivity index (χ3n) is 5.52. The number of carbonyl (C=O) groups is 1. The van der Waals surface area contributed by atoms with Gasteiger partial charge in [-0.25, -0.2) is 9.37 Å². The van der Waals surface area contributed by atoms with Crippen LogP contribution in [0.1, 0.15) is 11.1 Å². The summed E-state index contributed by atoms with van der Waals surface area (Å²) in [7, 11) is 0. The lowest BCUT2D eigenvalue weighted by Crippen LogP contribution is -2.08. The van der Waals surface area contributed by atoms with E-state index >= 15 is 0 Å². The van der Waals surface area contributed by atoms with Crippen molar-refractivity contribution in [1.29, 1.82) is 0 Å². The Balaban J connectivity index is 1.25. The van der Waals surface area contributed by atoms with Gasteiger partial charge in [0.25, 0.3) is 0 Å². The van der Waals surface area contributed by atoms with E-state index in [0.717, 1.165) is 33.3 Å². The lowest BCUT2D eigenvalue weighted by molar-refractivity contribution is -0.111. The number of aromatic nitrogens is 3. The van der Waals surface area contributed by atoms with E-state index < -0.39 is 0 Å². The molecule has 2 heterocycles. The fourth-order valence-electron chi connectivity index (χ4n) is 3.81. The summed E-state index contributed by atoms with van der Waals surface area (Å²) in [5.41, 5.74) is 6.36. The predicted octanol–water partition coefficient (Wildman–Crippen LogP) is 5.94. The van der Waals surface area contributed by atoms with Crippen LogP contribution in [0.4, 0.5) is 10.1 Å². The van der Waals surface area contributed by atoms with Crippen molar-refractivity contribution < 1.29 is 9.18 Å². The number of benzene rings is 3. The summed E-state index contributed by atoms with van der Waals surface area (Å²) < 4.78 is 15.4. The molecule has 1 N–H and O–H groups in total. The zero-order valence-electron chi connectivity index (χ0n) is 18.2. The lowest BCUT2D eigenvalue weighted by Gasteiger charge is -2.07. The van der Waals surface area contributed by atoms with E-state index in [1.165, 1.54) is 18.2 Å². The number of carbonyl (C=O) groups excluding carboxylic acids is 1. The van der Waals surface area contributed by atoms with Gasteiger partial charge >= 0.3 is 0 Å². The van der Waals surface area contributed by atoms with Gasteiger partial charge in [0.05, 0.1) is 17.4 Å². The summed E-state index contributed by atoms with van der Waals surface area (Å²) in [6.45, 7) is 0.696. The van der Waals surface area contributed by atoms with Crippen LogP contribution in [0.5, 0.6) is 0 Å². The minimum absolute atomic E-state index is 0.248. The largest absolute Gasteiger partial charge is 0.326 e. The molecule has 0 saturated carbocycles. The Morgan fingerprint density at radius 2 is 1.76 bits per heavy atom. The van der Waals surface area contributed by atoms with Gasteiger partial charge in [-0.2, -0.15) is 0 Å². The molecule has 5 nitrogen and oxygen atoms in total. The summed E-state index contributed by atoms with van der Waals surface area (Å²) in [5, 5.41) is 2.88. The first-order chi connectivity index (χ1) is 16.7. The molecule has 0 saturated heterocycles. The van der Waals surface area contributed by atoms with Gasteiger partial charge in [0, 0.05) is 36.3 Å². The number of rotatable bonds is 6. The number of fused-ring (bicyclic) bond motifs is 1. The van der Waals surface area contributed by atoms with Gasteiger partial charge in [0.15, 0.2) is 0 Å². The summed E-state index contributed by atoms with van der Waals surface area (Å²) in [5.74, 6) is -0.541. The SMILES string of the molecule is O=C(/C=C/c1cnccc1-c1ccc(F)cc1)Nc1ccc(Cn2cnc3ccccc32)cc1. The van der Waals surface area contributed by atoms with Crippen LogP contribution < -0.4 is 5.32 Å². The van der Waals surface area contributed by atoms with Crippen molar-refractivity contribution in [3.63, 3.8) is 0 Å². The molecule has 0 atom stereocenters. The number of nitrogens with zero attached hydrogens (tertiary/aromatic N) is 3. The molecule has 5 aromatic rings. The monoisotopic (exact) mass is 448 g/mol. The number of imidazole rings is 1. The first-order valence-corrected chi connectivity index (χ1v) is 10.8. The van der Waals surface area contributed by atoms with Crippen molar-refractivity contribution in [1.82, 2.24) is 14.5 Å². The fourth-order valence-corrected chi connectivity index (χ4v) is 3.81. The highest BCUT2D eigenvalue weighted by molar-refractivity contribution is 6.02. The Hall–Kier alpha value is -4.58. The highest BCUT2D eigenvalue weighted by Gasteiger charge is 2.06. The maximum atomic E-state index is 13.3. The van der Waals surface area contributed by atoms with E-state index in [0.29, 0.717) is 12.2 Å². The zero-order chi connectivity index (χ0) is 23.3.